The largest absolute Gasteiger partial charge is 0.371 e. The normalized spacial score (nSPS) is 17.6. The molecule has 2 aliphatic rings. The van der Waals surface area contributed by atoms with Gasteiger partial charge >= 0.3 is 6.03 Å². The number of urea groups is 1. The second-order valence-electron chi connectivity index (χ2n) is 8.97. The van der Waals surface area contributed by atoms with Crippen LogP contribution in [0.15, 0.2) is 48.5 Å². The van der Waals surface area contributed by atoms with Crippen LogP contribution in [0.4, 0.5) is 16.2 Å². The molecule has 6 heteroatoms. The van der Waals surface area contributed by atoms with E-state index in [1.54, 1.807) is 6.07 Å². The lowest BCUT2D eigenvalue weighted by Gasteiger charge is -2.24. The molecular formula is C26H34N4O2. The van der Waals surface area contributed by atoms with Crippen molar-refractivity contribution < 1.29 is 9.59 Å². The molecule has 1 unspecified atom stereocenters. The maximum atomic E-state index is 13.3. The summed E-state index contributed by atoms with van der Waals surface area (Å²) in [5, 5.41) is 9.15. The zero-order chi connectivity index (χ0) is 22.3. The van der Waals surface area contributed by atoms with Gasteiger partial charge in [-0.1, -0.05) is 49.6 Å². The molecule has 32 heavy (non-hydrogen) atoms. The summed E-state index contributed by atoms with van der Waals surface area (Å²) in [5.41, 5.74) is 3.23. The van der Waals surface area contributed by atoms with E-state index in [2.05, 4.69) is 20.9 Å². The van der Waals surface area contributed by atoms with Gasteiger partial charge in [0.1, 0.15) is 0 Å². The van der Waals surface area contributed by atoms with Crippen LogP contribution in [0.1, 0.15) is 73.8 Å². The number of hydrogen-bond donors (Lipinski definition) is 3. The Morgan fingerprint density at radius 3 is 2.38 bits per heavy atom. The van der Waals surface area contributed by atoms with Crippen LogP contribution in [-0.4, -0.2) is 31.1 Å². The Bertz CT molecular complexity index is 919. The molecule has 4 rings (SSSR count). The molecule has 1 saturated heterocycles. The van der Waals surface area contributed by atoms with Crippen LogP contribution in [0.25, 0.3) is 0 Å². The summed E-state index contributed by atoms with van der Waals surface area (Å²) in [6, 6.07) is 15.5. The molecule has 1 aliphatic carbocycles. The van der Waals surface area contributed by atoms with Gasteiger partial charge in [-0.3, -0.25) is 4.79 Å². The molecule has 0 aromatic heterocycles. The second-order valence-corrected chi connectivity index (χ2v) is 8.97. The number of hydrogen-bond acceptors (Lipinski definition) is 3. The second kappa shape index (κ2) is 10.5. The van der Waals surface area contributed by atoms with E-state index in [4.69, 9.17) is 0 Å². The summed E-state index contributed by atoms with van der Waals surface area (Å²) in [4.78, 5) is 28.1. The van der Waals surface area contributed by atoms with E-state index in [1.165, 1.54) is 19.3 Å². The summed E-state index contributed by atoms with van der Waals surface area (Å²) < 4.78 is 0. The minimum Gasteiger partial charge on any atom is -0.371 e. The number of anilines is 2. The summed E-state index contributed by atoms with van der Waals surface area (Å²) >= 11 is 0. The highest BCUT2D eigenvalue weighted by atomic mass is 16.2. The fraction of sp³-hybridized carbons (Fsp3) is 0.462. The highest BCUT2D eigenvalue weighted by Crippen LogP contribution is 2.28. The third kappa shape index (κ3) is 5.61. The van der Waals surface area contributed by atoms with Crippen molar-refractivity contribution in [3.63, 3.8) is 0 Å². The first-order valence-electron chi connectivity index (χ1n) is 11.9. The minimum atomic E-state index is -0.199. The van der Waals surface area contributed by atoms with Crippen molar-refractivity contribution in [2.45, 2.75) is 64.0 Å². The van der Waals surface area contributed by atoms with E-state index in [1.807, 2.05) is 49.4 Å². The van der Waals surface area contributed by atoms with E-state index in [9.17, 15) is 9.59 Å². The molecule has 1 heterocycles. The molecule has 6 nitrogen and oxygen atoms in total. The van der Waals surface area contributed by atoms with Crippen LogP contribution >= 0.6 is 0 Å². The Kier molecular flexibility index (Phi) is 7.30. The van der Waals surface area contributed by atoms with Gasteiger partial charge in [-0.05, 0) is 56.4 Å². The summed E-state index contributed by atoms with van der Waals surface area (Å²) in [6.45, 7) is 3.88. The van der Waals surface area contributed by atoms with E-state index in [0.29, 0.717) is 11.3 Å². The van der Waals surface area contributed by atoms with Crippen LogP contribution < -0.4 is 20.9 Å². The van der Waals surface area contributed by atoms with Crippen LogP contribution in [0.5, 0.6) is 0 Å². The van der Waals surface area contributed by atoms with Gasteiger partial charge in [0.2, 0.25) is 0 Å². The van der Waals surface area contributed by atoms with Gasteiger partial charge in [-0.2, -0.15) is 0 Å². The van der Waals surface area contributed by atoms with E-state index in [-0.39, 0.29) is 24.0 Å². The van der Waals surface area contributed by atoms with Gasteiger partial charge in [0.15, 0.2) is 0 Å². The lowest BCUT2D eigenvalue weighted by molar-refractivity contribution is 0.0940. The lowest BCUT2D eigenvalue weighted by Crippen LogP contribution is -2.39. The maximum absolute atomic E-state index is 13.3. The monoisotopic (exact) mass is 434 g/mol. The molecule has 1 saturated carbocycles. The number of carbonyl (C=O) groups is 2. The van der Waals surface area contributed by atoms with Crippen molar-refractivity contribution in [3.05, 3.63) is 59.7 Å². The smallest absolute Gasteiger partial charge is 0.319 e. The van der Waals surface area contributed by atoms with Crippen molar-refractivity contribution in [1.82, 2.24) is 10.6 Å². The number of rotatable bonds is 6. The number of nitrogens with one attached hydrogen (secondary N) is 3. The molecule has 3 amide bonds. The fourth-order valence-electron chi connectivity index (χ4n) is 4.73. The quantitative estimate of drug-likeness (QED) is 0.583. The molecule has 2 fully saturated rings. The summed E-state index contributed by atoms with van der Waals surface area (Å²) in [5.74, 6) is -0.125. The van der Waals surface area contributed by atoms with E-state index >= 15 is 0 Å². The van der Waals surface area contributed by atoms with E-state index in [0.717, 1.165) is 50.0 Å². The molecular weight excluding hydrogens is 400 g/mol. The van der Waals surface area contributed by atoms with Crippen LogP contribution in [0.3, 0.4) is 0 Å². The molecule has 2 aromatic carbocycles. The van der Waals surface area contributed by atoms with Crippen LogP contribution in [-0.2, 0) is 0 Å². The highest BCUT2D eigenvalue weighted by Gasteiger charge is 2.22. The third-order valence-electron chi connectivity index (χ3n) is 6.53. The zero-order valence-corrected chi connectivity index (χ0v) is 18.9. The Hall–Kier alpha value is -3.02. The van der Waals surface area contributed by atoms with Crippen LogP contribution in [0, 0.1) is 0 Å². The Balaban J connectivity index is 1.50. The maximum Gasteiger partial charge on any atom is 0.319 e. The van der Waals surface area contributed by atoms with Gasteiger partial charge in [0.05, 0.1) is 11.6 Å². The molecule has 0 radical (unpaired) electrons. The average molecular weight is 435 g/mol. The van der Waals surface area contributed by atoms with E-state index < -0.39 is 0 Å². The Morgan fingerprint density at radius 2 is 1.66 bits per heavy atom. The molecule has 2 aromatic rings. The first-order chi connectivity index (χ1) is 15.6. The van der Waals surface area contributed by atoms with Gasteiger partial charge in [-0.15, -0.1) is 0 Å². The van der Waals surface area contributed by atoms with Crippen molar-refractivity contribution >= 4 is 23.3 Å². The standard InChI is InChI=1S/C26H34N4O2/c1-19(20-10-4-2-5-11-20)27-25(31)23-18-22(14-15-24(23)30-16-8-9-17-30)29-26(32)28-21-12-6-3-7-13-21/h2,4-5,10-11,14-15,18-19,21H,3,6-9,12-13,16-17H2,1H3,(H,27,31)(H2,28,29,32). The lowest BCUT2D eigenvalue weighted by atomic mass is 9.96. The average Bonchev–Trinajstić information content (AvgIpc) is 3.35. The third-order valence-corrected chi connectivity index (χ3v) is 6.53. The van der Waals surface area contributed by atoms with Gasteiger partial charge in [0, 0.05) is 30.5 Å². The van der Waals surface area contributed by atoms with Gasteiger partial charge in [-0.25, -0.2) is 4.79 Å². The van der Waals surface area contributed by atoms with Crippen molar-refractivity contribution in [2.75, 3.05) is 23.3 Å². The van der Waals surface area contributed by atoms with Crippen molar-refractivity contribution in [1.29, 1.82) is 0 Å². The van der Waals surface area contributed by atoms with Crippen molar-refractivity contribution in [2.24, 2.45) is 0 Å². The predicted octanol–water partition coefficient (Wildman–Crippen LogP) is 5.23. The molecule has 0 spiro atoms. The molecule has 1 aliphatic heterocycles. The summed E-state index contributed by atoms with van der Waals surface area (Å²) in [6.07, 6.45) is 7.91. The topological polar surface area (TPSA) is 73.5 Å². The van der Waals surface area contributed by atoms with Gasteiger partial charge < -0.3 is 20.9 Å². The van der Waals surface area contributed by atoms with Crippen molar-refractivity contribution in [3.8, 4) is 0 Å². The number of carbonyl (C=O) groups excluding carboxylic acids is 2. The molecule has 0 bridgehead atoms. The molecule has 170 valence electrons. The fourth-order valence-corrected chi connectivity index (χ4v) is 4.73. The number of amides is 3. The minimum absolute atomic E-state index is 0.110. The highest BCUT2D eigenvalue weighted by molar-refractivity contribution is 6.02. The molecule has 1 atom stereocenters. The number of nitrogens with zero attached hydrogens (tertiary/aromatic N) is 1. The van der Waals surface area contributed by atoms with Gasteiger partial charge in [0.25, 0.3) is 5.91 Å². The number of benzene rings is 2. The van der Waals surface area contributed by atoms with Crippen LogP contribution in [0.2, 0.25) is 0 Å². The predicted molar refractivity (Wildman–Crippen MR) is 129 cm³/mol. The summed E-state index contributed by atoms with van der Waals surface area (Å²) in [7, 11) is 0. The Morgan fingerprint density at radius 1 is 0.938 bits per heavy atom. The zero-order valence-electron chi connectivity index (χ0n) is 18.9. The first-order valence-corrected chi connectivity index (χ1v) is 11.9. The SMILES string of the molecule is CC(NC(=O)c1cc(NC(=O)NC2CCCCC2)ccc1N1CCCC1)c1ccccc1. The molecule has 3 N–H and O–H groups in total. The Labute approximate surface area is 190 Å². The first kappa shape index (κ1) is 22.2.